The summed E-state index contributed by atoms with van der Waals surface area (Å²) >= 11 is 2.41. The highest BCUT2D eigenvalue weighted by molar-refractivity contribution is 14.1. The molecule has 1 heterocycles. The van der Waals surface area contributed by atoms with Gasteiger partial charge in [-0.1, -0.05) is 29.0 Å². The lowest BCUT2D eigenvalue weighted by Gasteiger charge is -2.31. The number of sulfonamides is 1. The van der Waals surface area contributed by atoms with Crippen molar-refractivity contribution in [3.05, 3.63) is 0 Å². The highest BCUT2D eigenvalue weighted by atomic mass is 127. The van der Waals surface area contributed by atoms with Crippen LogP contribution in [0.2, 0.25) is 0 Å². The molecule has 1 aliphatic rings. The van der Waals surface area contributed by atoms with Gasteiger partial charge in [0, 0.05) is 13.1 Å². The summed E-state index contributed by atoms with van der Waals surface area (Å²) in [7, 11) is -3.00. The van der Waals surface area contributed by atoms with Crippen molar-refractivity contribution in [2.75, 3.05) is 36.9 Å². The molecule has 1 saturated heterocycles. The van der Waals surface area contributed by atoms with Crippen LogP contribution in [0.3, 0.4) is 0 Å². The molecule has 0 aromatic carbocycles. The molecule has 0 bridgehead atoms. The molecule has 0 aliphatic carbocycles. The number of rotatable bonds is 8. The molecule has 1 unspecified atom stereocenters. The summed E-state index contributed by atoms with van der Waals surface area (Å²) < 4.78 is 25.8. The van der Waals surface area contributed by atoms with E-state index in [1.807, 2.05) is 0 Å². The van der Waals surface area contributed by atoms with Gasteiger partial charge < -0.3 is 5.32 Å². The zero-order chi connectivity index (χ0) is 13.4. The van der Waals surface area contributed by atoms with Crippen LogP contribution >= 0.6 is 22.6 Å². The number of halogens is 1. The van der Waals surface area contributed by atoms with Gasteiger partial charge >= 0.3 is 0 Å². The molecule has 0 spiro atoms. The molecule has 6 heteroatoms. The fourth-order valence-corrected chi connectivity index (χ4v) is 3.80. The predicted molar refractivity (Wildman–Crippen MR) is 84.7 cm³/mol. The molecule has 1 rings (SSSR count). The number of alkyl halides is 1. The van der Waals surface area contributed by atoms with Crippen molar-refractivity contribution in [3.63, 3.8) is 0 Å². The molecule has 0 aromatic rings. The Kier molecular flexibility index (Phi) is 8.06. The van der Waals surface area contributed by atoms with Crippen LogP contribution in [0.4, 0.5) is 0 Å². The topological polar surface area (TPSA) is 49.4 Å². The standard InChI is InChI=1S/C12H25IN2O2S/c1-18(16,17)15-9-5-6-12(11-15)10-14-8-4-2-3-7-13/h12,14H,2-11H2,1H3. The van der Waals surface area contributed by atoms with Crippen molar-refractivity contribution in [3.8, 4) is 0 Å². The summed E-state index contributed by atoms with van der Waals surface area (Å²) in [5.41, 5.74) is 0. The molecule has 0 radical (unpaired) electrons. The lowest BCUT2D eigenvalue weighted by Crippen LogP contribution is -2.42. The minimum atomic E-state index is -3.00. The molecule has 0 aromatic heterocycles. The second-order valence-electron chi connectivity index (χ2n) is 5.08. The number of hydrogen-bond acceptors (Lipinski definition) is 3. The third kappa shape index (κ3) is 6.68. The molecular formula is C12H25IN2O2S. The number of unbranched alkanes of at least 4 members (excludes halogenated alkanes) is 2. The summed E-state index contributed by atoms with van der Waals surface area (Å²) in [4.78, 5) is 0. The lowest BCUT2D eigenvalue weighted by atomic mass is 10.00. The van der Waals surface area contributed by atoms with Gasteiger partial charge in [0.1, 0.15) is 0 Å². The highest BCUT2D eigenvalue weighted by Gasteiger charge is 2.25. The van der Waals surface area contributed by atoms with Crippen LogP contribution < -0.4 is 5.32 Å². The van der Waals surface area contributed by atoms with Crippen molar-refractivity contribution in [2.45, 2.75) is 32.1 Å². The summed E-state index contributed by atoms with van der Waals surface area (Å²) in [6.45, 7) is 3.41. The SMILES string of the molecule is CS(=O)(=O)N1CCCC(CNCCCCCI)C1. The fraction of sp³-hybridized carbons (Fsp3) is 1.00. The molecular weight excluding hydrogens is 363 g/mol. The summed E-state index contributed by atoms with van der Waals surface area (Å²) in [5.74, 6) is 0.484. The van der Waals surface area contributed by atoms with E-state index in [1.54, 1.807) is 4.31 Å². The minimum absolute atomic E-state index is 0.484. The van der Waals surface area contributed by atoms with E-state index in [0.717, 1.165) is 25.9 Å². The summed E-state index contributed by atoms with van der Waals surface area (Å²) in [6, 6.07) is 0. The van der Waals surface area contributed by atoms with Crippen LogP contribution in [-0.2, 0) is 10.0 Å². The molecule has 0 saturated carbocycles. The van der Waals surface area contributed by atoms with E-state index in [1.165, 1.54) is 29.9 Å². The largest absolute Gasteiger partial charge is 0.316 e. The third-order valence-electron chi connectivity index (χ3n) is 3.37. The highest BCUT2D eigenvalue weighted by Crippen LogP contribution is 2.17. The Labute approximate surface area is 125 Å². The molecule has 1 aliphatic heterocycles. The van der Waals surface area contributed by atoms with Crippen molar-refractivity contribution in [1.29, 1.82) is 0 Å². The van der Waals surface area contributed by atoms with Gasteiger partial charge in [0.05, 0.1) is 6.26 Å². The van der Waals surface area contributed by atoms with E-state index in [9.17, 15) is 8.42 Å². The predicted octanol–water partition coefficient (Wildman–Crippen LogP) is 1.85. The minimum Gasteiger partial charge on any atom is -0.316 e. The Morgan fingerprint density at radius 3 is 2.78 bits per heavy atom. The number of hydrogen-bond donors (Lipinski definition) is 1. The second kappa shape index (κ2) is 8.71. The fourth-order valence-electron chi connectivity index (χ4n) is 2.32. The molecule has 4 nitrogen and oxygen atoms in total. The van der Waals surface area contributed by atoms with E-state index in [0.29, 0.717) is 19.0 Å². The van der Waals surface area contributed by atoms with Crippen molar-refractivity contribution in [2.24, 2.45) is 5.92 Å². The molecule has 0 amide bonds. The first kappa shape index (κ1) is 16.7. The number of piperidine rings is 1. The number of nitrogens with one attached hydrogen (secondary N) is 1. The van der Waals surface area contributed by atoms with Gasteiger partial charge in [-0.2, -0.15) is 0 Å². The van der Waals surface area contributed by atoms with Crippen LogP contribution in [-0.4, -0.2) is 49.6 Å². The average molecular weight is 388 g/mol. The van der Waals surface area contributed by atoms with Gasteiger partial charge in [0.15, 0.2) is 0 Å². The van der Waals surface area contributed by atoms with Crippen molar-refractivity contribution < 1.29 is 8.42 Å². The molecule has 18 heavy (non-hydrogen) atoms. The Hall–Kier alpha value is 0.600. The maximum atomic E-state index is 11.5. The Morgan fingerprint density at radius 2 is 2.11 bits per heavy atom. The maximum absolute atomic E-state index is 11.5. The van der Waals surface area contributed by atoms with Gasteiger partial charge in [-0.25, -0.2) is 12.7 Å². The van der Waals surface area contributed by atoms with E-state index in [-0.39, 0.29) is 0 Å². The van der Waals surface area contributed by atoms with E-state index < -0.39 is 10.0 Å². The Bertz CT molecular complexity index is 322. The Morgan fingerprint density at radius 1 is 1.33 bits per heavy atom. The first-order valence-electron chi connectivity index (χ1n) is 6.76. The zero-order valence-corrected chi connectivity index (χ0v) is 14.2. The smallest absolute Gasteiger partial charge is 0.211 e. The van der Waals surface area contributed by atoms with Gasteiger partial charge in [-0.3, -0.25) is 0 Å². The van der Waals surface area contributed by atoms with Crippen LogP contribution in [0.25, 0.3) is 0 Å². The van der Waals surface area contributed by atoms with Crippen LogP contribution in [0.5, 0.6) is 0 Å². The van der Waals surface area contributed by atoms with E-state index in [4.69, 9.17) is 0 Å². The van der Waals surface area contributed by atoms with Crippen molar-refractivity contribution in [1.82, 2.24) is 9.62 Å². The lowest BCUT2D eigenvalue weighted by molar-refractivity contribution is 0.261. The Balaban J connectivity index is 2.15. The maximum Gasteiger partial charge on any atom is 0.211 e. The molecule has 1 N–H and O–H groups in total. The quantitative estimate of drug-likeness (QED) is 0.392. The van der Waals surface area contributed by atoms with Gasteiger partial charge in [0.25, 0.3) is 0 Å². The third-order valence-corrected chi connectivity index (χ3v) is 5.40. The number of nitrogens with zero attached hydrogens (tertiary/aromatic N) is 1. The summed E-state index contributed by atoms with van der Waals surface area (Å²) in [5, 5.41) is 3.46. The van der Waals surface area contributed by atoms with Gasteiger partial charge in [-0.05, 0) is 49.1 Å². The normalized spacial score (nSPS) is 22.2. The molecule has 108 valence electrons. The van der Waals surface area contributed by atoms with E-state index in [2.05, 4.69) is 27.9 Å². The van der Waals surface area contributed by atoms with Gasteiger partial charge in [0.2, 0.25) is 10.0 Å². The first-order chi connectivity index (χ1) is 8.54. The van der Waals surface area contributed by atoms with Crippen molar-refractivity contribution >= 4 is 32.6 Å². The zero-order valence-electron chi connectivity index (χ0n) is 11.2. The van der Waals surface area contributed by atoms with E-state index >= 15 is 0 Å². The molecule has 1 atom stereocenters. The van der Waals surface area contributed by atoms with Gasteiger partial charge in [-0.15, -0.1) is 0 Å². The first-order valence-corrected chi connectivity index (χ1v) is 10.1. The van der Waals surface area contributed by atoms with Crippen LogP contribution in [0, 0.1) is 5.92 Å². The molecule has 1 fully saturated rings. The summed E-state index contributed by atoms with van der Waals surface area (Å²) in [6.07, 6.45) is 7.27. The monoisotopic (exact) mass is 388 g/mol. The van der Waals surface area contributed by atoms with Crippen LogP contribution in [0.1, 0.15) is 32.1 Å². The average Bonchev–Trinajstić information content (AvgIpc) is 2.33. The van der Waals surface area contributed by atoms with Crippen LogP contribution in [0.15, 0.2) is 0 Å². The second-order valence-corrected chi connectivity index (χ2v) is 8.14.